The minimum Gasteiger partial charge on any atom is -0.323 e. The number of hydrazone groups is 1. The molecule has 0 bridgehead atoms. The average Bonchev–Trinajstić information content (AvgIpc) is 3.50. The first-order chi connectivity index (χ1) is 14.0. The van der Waals surface area contributed by atoms with Crippen LogP contribution in [0.1, 0.15) is 48.9 Å². The first kappa shape index (κ1) is 19.8. The lowest BCUT2D eigenvalue weighted by molar-refractivity contribution is -0.140. The molecule has 0 spiro atoms. The SMILES string of the molecule is CCC1(CC)NC(=O)N(CC(=O)N2N=C(c3cccs3)C[C@@H]2c2cccs2)C1=O. The van der Waals surface area contributed by atoms with Crippen LogP contribution in [0.25, 0.3) is 0 Å². The zero-order valence-corrected chi connectivity index (χ0v) is 17.9. The van der Waals surface area contributed by atoms with Crippen molar-refractivity contribution in [2.24, 2.45) is 5.10 Å². The second-order valence-corrected chi connectivity index (χ2v) is 9.04. The van der Waals surface area contributed by atoms with Gasteiger partial charge in [-0.25, -0.2) is 9.80 Å². The second kappa shape index (κ2) is 7.72. The van der Waals surface area contributed by atoms with Gasteiger partial charge in [0.2, 0.25) is 0 Å². The number of carbonyl (C=O) groups is 3. The molecule has 2 aliphatic heterocycles. The Balaban J connectivity index is 1.59. The van der Waals surface area contributed by atoms with Gasteiger partial charge in [-0.3, -0.25) is 14.5 Å². The molecule has 4 rings (SSSR count). The van der Waals surface area contributed by atoms with Crippen molar-refractivity contribution < 1.29 is 14.4 Å². The van der Waals surface area contributed by atoms with Crippen LogP contribution in [-0.4, -0.2) is 45.5 Å². The van der Waals surface area contributed by atoms with Gasteiger partial charge in [-0.15, -0.1) is 22.7 Å². The Morgan fingerprint density at radius 1 is 1.21 bits per heavy atom. The number of imide groups is 1. The van der Waals surface area contributed by atoms with Gasteiger partial charge in [0, 0.05) is 11.3 Å². The van der Waals surface area contributed by atoms with Crippen LogP contribution < -0.4 is 5.32 Å². The van der Waals surface area contributed by atoms with Crippen molar-refractivity contribution in [3.63, 3.8) is 0 Å². The van der Waals surface area contributed by atoms with E-state index < -0.39 is 11.6 Å². The molecule has 1 saturated heterocycles. The summed E-state index contributed by atoms with van der Waals surface area (Å²) in [5.41, 5.74) is -0.0681. The summed E-state index contributed by atoms with van der Waals surface area (Å²) in [5, 5.41) is 12.7. The number of carbonyl (C=O) groups excluding carboxylic acids is 3. The van der Waals surface area contributed by atoms with Gasteiger partial charge in [-0.1, -0.05) is 26.0 Å². The Labute approximate surface area is 177 Å². The molecule has 4 amide bonds. The number of amides is 4. The largest absolute Gasteiger partial charge is 0.325 e. The van der Waals surface area contributed by atoms with Crippen LogP contribution >= 0.6 is 22.7 Å². The summed E-state index contributed by atoms with van der Waals surface area (Å²) in [4.78, 5) is 41.5. The molecule has 1 atom stereocenters. The molecule has 7 nitrogen and oxygen atoms in total. The molecule has 0 aliphatic carbocycles. The van der Waals surface area contributed by atoms with Crippen LogP contribution in [0.4, 0.5) is 4.79 Å². The molecular weight excluding hydrogens is 408 g/mol. The topological polar surface area (TPSA) is 82.1 Å². The number of thiophene rings is 2. The van der Waals surface area contributed by atoms with Gasteiger partial charge in [0.15, 0.2) is 0 Å². The van der Waals surface area contributed by atoms with Gasteiger partial charge < -0.3 is 5.32 Å². The molecule has 2 aromatic heterocycles. The highest BCUT2D eigenvalue weighted by molar-refractivity contribution is 7.12. The molecule has 0 unspecified atom stereocenters. The van der Waals surface area contributed by atoms with E-state index in [9.17, 15) is 14.4 Å². The summed E-state index contributed by atoms with van der Waals surface area (Å²) in [6.07, 6.45) is 1.59. The van der Waals surface area contributed by atoms with Crippen LogP contribution in [0.5, 0.6) is 0 Å². The van der Waals surface area contributed by atoms with E-state index in [4.69, 9.17) is 0 Å². The van der Waals surface area contributed by atoms with Crippen molar-refractivity contribution in [2.75, 3.05) is 6.54 Å². The molecule has 1 fully saturated rings. The monoisotopic (exact) mass is 430 g/mol. The summed E-state index contributed by atoms with van der Waals surface area (Å²) >= 11 is 3.15. The minimum absolute atomic E-state index is 0.220. The van der Waals surface area contributed by atoms with E-state index in [1.807, 2.05) is 48.9 Å². The first-order valence-electron chi connectivity index (χ1n) is 9.60. The second-order valence-electron chi connectivity index (χ2n) is 7.11. The van der Waals surface area contributed by atoms with Gasteiger partial charge in [-0.2, -0.15) is 5.10 Å². The fourth-order valence-electron chi connectivity index (χ4n) is 3.79. The number of nitrogens with one attached hydrogen (secondary N) is 1. The van der Waals surface area contributed by atoms with E-state index in [0.29, 0.717) is 19.3 Å². The van der Waals surface area contributed by atoms with Gasteiger partial charge >= 0.3 is 6.03 Å². The van der Waals surface area contributed by atoms with Gasteiger partial charge in [-0.05, 0) is 35.7 Å². The van der Waals surface area contributed by atoms with Gasteiger partial charge in [0.05, 0.1) is 16.6 Å². The number of urea groups is 1. The van der Waals surface area contributed by atoms with Crippen LogP contribution in [0.15, 0.2) is 40.1 Å². The molecular formula is C20H22N4O3S2. The lowest BCUT2D eigenvalue weighted by Crippen LogP contribution is -2.46. The first-order valence-corrected chi connectivity index (χ1v) is 11.4. The Morgan fingerprint density at radius 3 is 2.52 bits per heavy atom. The van der Waals surface area contributed by atoms with E-state index >= 15 is 0 Å². The fourth-order valence-corrected chi connectivity index (χ4v) is 5.32. The minimum atomic E-state index is -0.916. The smallest absolute Gasteiger partial charge is 0.323 e. The van der Waals surface area contributed by atoms with E-state index in [1.165, 1.54) is 5.01 Å². The van der Waals surface area contributed by atoms with Crippen LogP contribution in [-0.2, 0) is 9.59 Å². The van der Waals surface area contributed by atoms with Crippen molar-refractivity contribution in [1.29, 1.82) is 0 Å². The maximum absolute atomic E-state index is 13.2. The molecule has 0 aromatic carbocycles. The summed E-state index contributed by atoms with van der Waals surface area (Å²) in [7, 11) is 0. The fraction of sp³-hybridized carbons (Fsp3) is 0.400. The van der Waals surface area contributed by atoms with Crippen molar-refractivity contribution in [1.82, 2.24) is 15.2 Å². The lowest BCUT2D eigenvalue weighted by Gasteiger charge is -2.24. The summed E-state index contributed by atoms with van der Waals surface area (Å²) < 4.78 is 0. The molecule has 29 heavy (non-hydrogen) atoms. The summed E-state index contributed by atoms with van der Waals surface area (Å²) in [5.74, 6) is -0.698. The zero-order chi connectivity index (χ0) is 20.6. The lowest BCUT2D eigenvalue weighted by atomic mass is 9.93. The van der Waals surface area contributed by atoms with Gasteiger partial charge in [0.1, 0.15) is 12.1 Å². The van der Waals surface area contributed by atoms with Gasteiger partial charge in [0.25, 0.3) is 11.8 Å². The van der Waals surface area contributed by atoms with Crippen molar-refractivity contribution >= 4 is 46.2 Å². The maximum Gasteiger partial charge on any atom is 0.325 e. The predicted molar refractivity (Wildman–Crippen MR) is 113 cm³/mol. The number of nitrogens with zero attached hydrogens (tertiary/aromatic N) is 3. The number of hydrogen-bond donors (Lipinski definition) is 1. The normalized spacial score (nSPS) is 20.9. The molecule has 9 heteroatoms. The van der Waals surface area contributed by atoms with E-state index in [1.54, 1.807) is 22.7 Å². The molecule has 2 aromatic rings. The van der Waals surface area contributed by atoms with Crippen LogP contribution in [0.3, 0.4) is 0 Å². The van der Waals surface area contributed by atoms with E-state index in [2.05, 4.69) is 10.4 Å². The summed E-state index contributed by atoms with van der Waals surface area (Å²) in [6.45, 7) is 3.41. The average molecular weight is 431 g/mol. The molecule has 152 valence electrons. The quantitative estimate of drug-likeness (QED) is 0.711. The van der Waals surface area contributed by atoms with Crippen LogP contribution in [0.2, 0.25) is 0 Å². The summed E-state index contributed by atoms with van der Waals surface area (Å²) in [6, 6.07) is 7.13. The molecule has 4 heterocycles. The van der Waals surface area contributed by atoms with Crippen molar-refractivity contribution in [2.45, 2.75) is 44.7 Å². The molecule has 1 N–H and O–H groups in total. The maximum atomic E-state index is 13.2. The molecule has 2 aliphatic rings. The number of rotatable bonds is 6. The van der Waals surface area contributed by atoms with Crippen LogP contribution in [0, 0.1) is 0 Å². The Morgan fingerprint density at radius 2 is 1.93 bits per heavy atom. The molecule has 0 saturated carbocycles. The standard InChI is InChI=1S/C20H22N4O3S2/c1-3-20(4-2)18(26)23(19(27)21-20)12-17(25)24-14(16-8-6-10-29-16)11-13(22-24)15-7-5-9-28-15/h5-10,14H,3-4,11-12H2,1-2H3,(H,21,27)/t14-/m1/s1. The highest BCUT2D eigenvalue weighted by atomic mass is 32.1. The third kappa shape index (κ3) is 3.38. The highest BCUT2D eigenvalue weighted by Crippen LogP contribution is 2.36. The highest BCUT2D eigenvalue weighted by Gasteiger charge is 2.50. The van der Waals surface area contributed by atoms with E-state index in [-0.39, 0.29) is 24.4 Å². The predicted octanol–water partition coefficient (Wildman–Crippen LogP) is 3.60. The van der Waals surface area contributed by atoms with Crippen molar-refractivity contribution in [3.8, 4) is 0 Å². The molecule has 0 radical (unpaired) electrons. The Kier molecular flexibility index (Phi) is 5.26. The van der Waals surface area contributed by atoms with E-state index in [0.717, 1.165) is 20.4 Å². The number of hydrogen-bond acceptors (Lipinski definition) is 6. The zero-order valence-electron chi connectivity index (χ0n) is 16.3. The third-order valence-corrected chi connectivity index (χ3v) is 7.48. The third-order valence-electron chi connectivity index (χ3n) is 5.59. The Hall–Kier alpha value is -2.52. The Bertz CT molecular complexity index is 949. The van der Waals surface area contributed by atoms with Crippen molar-refractivity contribution in [3.05, 3.63) is 44.8 Å².